The van der Waals surface area contributed by atoms with Crippen molar-refractivity contribution in [3.05, 3.63) is 23.7 Å². The van der Waals surface area contributed by atoms with Gasteiger partial charge in [-0.15, -0.1) is 0 Å². The molecule has 86 valence electrons. The van der Waals surface area contributed by atoms with Gasteiger partial charge in [0.2, 0.25) is 5.76 Å². The van der Waals surface area contributed by atoms with Crippen molar-refractivity contribution in [2.45, 2.75) is 19.4 Å². The van der Waals surface area contributed by atoms with Crippen LogP contribution in [0.5, 0.6) is 0 Å². The van der Waals surface area contributed by atoms with Crippen molar-refractivity contribution in [2.24, 2.45) is 0 Å². The van der Waals surface area contributed by atoms with Crippen LogP contribution >= 0.6 is 0 Å². The van der Waals surface area contributed by atoms with Crippen molar-refractivity contribution < 1.29 is 13.9 Å². The van der Waals surface area contributed by atoms with Gasteiger partial charge in [-0.2, -0.15) is 5.26 Å². The first-order chi connectivity index (χ1) is 7.76. The molecule has 1 aromatic rings. The van der Waals surface area contributed by atoms with Crippen LogP contribution in [-0.4, -0.2) is 19.6 Å². The Morgan fingerprint density at radius 3 is 3.06 bits per heavy atom. The fourth-order valence-corrected chi connectivity index (χ4v) is 1.20. The van der Waals surface area contributed by atoms with E-state index in [1.807, 2.05) is 6.07 Å². The maximum absolute atomic E-state index is 10.8. The van der Waals surface area contributed by atoms with Gasteiger partial charge in [0.15, 0.2) is 0 Å². The smallest absolute Gasteiger partial charge is 0.305 e. The van der Waals surface area contributed by atoms with Gasteiger partial charge >= 0.3 is 5.97 Å². The monoisotopic (exact) mass is 222 g/mol. The molecule has 0 fully saturated rings. The van der Waals surface area contributed by atoms with Crippen molar-refractivity contribution in [2.75, 3.05) is 13.7 Å². The predicted molar refractivity (Wildman–Crippen MR) is 56.4 cm³/mol. The van der Waals surface area contributed by atoms with Gasteiger partial charge in [-0.3, -0.25) is 4.79 Å². The Hall–Kier alpha value is -1.80. The molecule has 0 aliphatic rings. The van der Waals surface area contributed by atoms with E-state index in [1.165, 1.54) is 7.11 Å². The summed E-state index contributed by atoms with van der Waals surface area (Å²) >= 11 is 0. The van der Waals surface area contributed by atoms with Crippen molar-refractivity contribution in [3.8, 4) is 6.07 Å². The lowest BCUT2D eigenvalue weighted by molar-refractivity contribution is -0.140. The van der Waals surface area contributed by atoms with E-state index in [2.05, 4.69) is 10.1 Å². The van der Waals surface area contributed by atoms with Gasteiger partial charge in [0, 0.05) is 6.42 Å². The Labute approximate surface area is 94.0 Å². The van der Waals surface area contributed by atoms with E-state index in [0.29, 0.717) is 25.3 Å². The summed E-state index contributed by atoms with van der Waals surface area (Å²) in [5.41, 5.74) is 0. The fourth-order valence-electron chi connectivity index (χ4n) is 1.20. The van der Waals surface area contributed by atoms with Crippen LogP contribution in [0.4, 0.5) is 0 Å². The molecule has 0 aliphatic carbocycles. The molecule has 0 aliphatic heterocycles. The summed E-state index contributed by atoms with van der Waals surface area (Å²) in [6.45, 7) is 1.26. The molecule has 0 amide bonds. The third-order valence-corrected chi connectivity index (χ3v) is 2.03. The second kappa shape index (κ2) is 6.64. The van der Waals surface area contributed by atoms with Crippen molar-refractivity contribution >= 4 is 5.97 Å². The van der Waals surface area contributed by atoms with Gasteiger partial charge in [-0.25, -0.2) is 0 Å². The third kappa shape index (κ3) is 4.15. The highest BCUT2D eigenvalue weighted by Crippen LogP contribution is 2.05. The first kappa shape index (κ1) is 12.3. The highest BCUT2D eigenvalue weighted by atomic mass is 16.5. The standard InChI is InChI=1S/C11H14N2O3/c1-15-11(14)3-2-6-13-8-10-5-4-9(7-12)16-10/h4-5,13H,2-3,6,8H2,1H3. The van der Waals surface area contributed by atoms with Gasteiger partial charge in [0.25, 0.3) is 0 Å². The number of carbonyl (C=O) groups is 1. The van der Waals surface area contributed by atoms with Crippen LogP contribution in [-0.2, 0) is 16.1 Å². The Kier molecular flexibility index (Phi) is 5.09. The zero-order valence-electron chi connectivity index (χ0n) is 9.16. The number of hydrogen-bond donors (Lipinski definition) is 1. The van der Waals surface area contributed by atoms with Gasteiger partial charge in [-0.1, -0.05) is 0 Å². The Bertz CT molecular complexity index is 379. The van der Waals surface area contributed by atoms with Crippen molar-refractivity contribution in [1.29, 1.82) is 5.26 Å². The molecule has 1 rings (SSSR count). The number of hydrogen-bond acceptors (Lipinski definition) is 5. The summed E-state index contributed by atoms with van der Waals surface area (Å²) in [7, 11) is 1.38. The number of nitrogens with one attached hydrogen (secondary N) is 1. The summed E-state index contributed by atoms with van der Waals surface area (Å²) in [6, 6.07) is 5.30. The van der Waals surface area contributed by atoms with Crippen LogP contribution < -0.4 is 5.32 Å². The molecule has 1 heterocycles. The number of nitrogens with zero attached hydrogens (tertiary/aromatic N) is 1. The predicted octanol–water partition coefficient (Wildman–Crippen LogP) is 1.19. The molecule has 5 heteroatoms. The van der Waals surface area contributed by atoms with Crippen molar-refractivity contribution in [1.82, 2.24) is 5.32 Å². The Morgan fingerprint density at radius 1 is 1.62 bits per heavy atom. The lowest BCUT2D eigenvalue weighted by Crippen LogP contribution is -2.15. The number of nitriles is 1. The van der Waals surface area contributed by atoms with E-state index in [4.69, 9.17) is 9.68 Å². The quantitative estimate of drug-likeness (QED) is 0.578. The average molecular weight is 222 g/mol. The molecule has 0 bridgehead atoms. The molecule has 0 unspecified atom stereocenters. The second-order valence-electron chi connectivity index (χ2n) is 3.23. The van der Waals surface area contributed by atoms with Gasteiger partial charge in [0.1, 0.15) is 11.8 Å². The van der Waals surface area contributed by atoms with Gasteiger partial charge < -0.3 is 14.5 Å². The number of esters is 1. The summed E-state index contributed by atoms with van der Waals surface area (Å²) in [4.78, 5) is 10.8. The Balaban J connectivity index is 2.12. The zero-order chi connectivity index (χ0) is 11.8. The van der Waals surface area contributed by atoms with Crippen LogP contribution in [0.2, 0.25) is 0 Å². The van der Waals surface area contributed by atoms with E-state index in [0.717, 1.165) is 12.2 Å². The van der Waals surface area contributed by atoms with E-state index in [-0.39, 0.29) is 5.97 Å². The van der Waals surface area contributed by atoms with Gasteiger partial charge in [0.05, 0.1) is 13.7 Å². The summed E-state index contributed by atoms with van der Waals surface area (Å²) in [5.74, 6) is 0.826. The van der Waals surface area contributed by atoms with Crippen molar-refractivity contribution in [3.63, 3.8) is 0 Å². The lowest BCUT2D eigenvalue weighted by atomic mass is 10.3. The van der Waals surface area contributed by atoms with E-state index in [9.17, 15) is 4.79 Å². The zero-order valence-corrected chi connectivity index (χ0v) is 9.16. The normalized spacial score (nSPS) is 9.75. The molecule has 0 radical (unpaired) electrons. The highest BCUT2D eigenvalue weighted by molar-refractivity contribution is 5.69. The number of methoxy groups -OCH3 is 1. The first-order valence-electron chi connectivity index (χ1n) is 5.02. The SMILES string of the molecule is COC(=O)CCCNCc1ccc(C#N)o1. The molecular formula is C11H14N2O3. The summed E-state index contributed by atoms with van der Waals surface area (Å²) in [5, 5.41) is 11.6. The first-order valence-corrected chi connectivity index (χ1v) is 5.02. The molecule has 0 spiro atoms. The maximum Gasteiger partial charge on any atom is 0.305 e. The maximum atomic E-state index is 10.8. The second-order valence-corrected chi connectivity index (χ2v) is 3.23. The number of rotatable bonds is 6. The number of ether oxygens (including phenoxy) is 1. The molecule has 16 heavy (non-hydrogen) atoms. The number of carbonyl (C=O) groups excluding carboxylic acids is 1. The molecule has 0 atom stereocenters. The molecule has 1 aromatic heterocycles. The Morgan fingerprint density at radius 2 is 2.44 bits per heavy atom. The molecule has 5 nitrogen and oxygen atoms in total. The minimum atomic E-state index is -0.202. The average Bonchev–Trinajstić information content (AvgIpc) is 2.76. The van der Waals surface area contributed by atoms with E-state index >= 15 is 0 Å². The van der Waals surface area contributed by atoms with Crippen LogP contribution in [0.15, 0.2) is 16.5 Å². The molecule has 1 N–H and O–H groups in total. The highest BCUT2D eigenvalue weighted by Gasteiger charge is 2.01. The molecular weight excluding hydrogens is 208 g/mol. The molecule has 0 saturated carbocycles. The summed E-state index contributed by atoms with van der Waals surface area (Å²) in [6.07, 6.45) is 1.13. The summed E-state index contributed by atoms with van der Waals surface area (Å²) < 4.78 is 9.68. The van der Waals surface area contributed by atoms with Crippen LogP contribution in [0.25, 0.3) is 0 Å². The minimum Gasteiger partial charge on any atom is -0.469 e. The van der Waals surface area contributed by atoms with Crippen LogP contribution in [0, 0.1) is 11.3 Å². The largest absolute Gasteiger partial charge is 0.469 e. The molecule has 0 aromatic carbocycles. The topological polar surface area (TPSA) is 75.3 Å². The fraction of sp³-hybridized carbons (Fsp3) is 0.455. The van der Waals surface area contributed by atoms with E-state index < -0.39 is 0 Å². The minimum absolute atomic E-state index is 0.202. The molecule has 0 saturated heterocycles. The van der Waals surface area contributed by atoms with Crippen LogP contribution in [0.3, 0.4) is 0 Å². The van der Waals surface area contributed by atoms with Crippen LogP contribution in [0.1, 0.15) is 24.4 Å². The van der Waals surface area contributed by atoms with E-state index in [1.54, 1.807) is 12.1 Å². The lowest BCUT2D eigenvalue weighted by Gasteiger charge is -2.01. The third-order valence-electron chi connectivity index (χ3n) is 2.03. The number of furan rings is 1. The van der Waals surface area contributed by atoms with Gasteiger partial charge in [-0.05, 0) is 25.1 Å².